The van der Waals surface area contributed by atoms with Crippen LogP contribution >= 0.6 is 0 Å². The summed E-state index contributed by atoms with van der Waals surface area (Å²) in [5.74, 6) is -1.31. The summed E-state index contributed by atoms with van der Waals surface area (Å²) in [4.78, 5) is 33.9. The maximum Gasteiger partial charge on any atom is 0.325 e. The van der Waals surface area contributed by atoms with Gasteiger partial charge in [-0.1, -0.05) is 0 Å². The van der Waals surface area contributed by atoms with E-state index in [1.165, 1.54) is 40.8 Å². The Labute approximate surface area is 206 Å². The lowest BCUT2D eigenvalue weighted by atomic mass is 10.3. The number of carbonyl (C=O) groups excluding carboxylic acids is 1. The predicted octanol–water partition coefficient (Wildman–Crippen LogP) is 0.701. The van der Waals surface area contributed by atoms with E-state index in [1.807, 2.05) is 11.0 Å². The van der Waals surface area contributed by atoms with Gasteiger partial charge < -0.3 is 15.3 Å². The van der Waals surface area contributed by atoms with Crippen molar-refractivity contribution >= 4 is 33.5 Å². The zero-order valence-corrected chi connectivity index (χ0v) is 20.0. The standard InChI is InChI=1S/C22H22N8O5S/c1-15-12-17(13-23)27-22(25-15)28-8-10-29(11-9-28)36(34,35)18-4-2-16(3-5-18)26-21(33)19-6-7-24-30(19)14-20(31)32/h2-7,12H,8-11,14H2,1H3,(H,26,33)(H,31,32). The summed E-state index contributed by atoms with van der Waals surface area (Å²) in [6.45, 7) is 2.47. The van der Waals surface area contributed by atoms with Gasteiger partial charge in [0.1, 0.15) is 24.0 Å². The number of aliphatic carboxylic acids is 1. The maximum atomic E-state index is 13.1. The largest absolute Gasteiger partial charge is 0.480 e. The first-order chi connectivity index (χ1) is 17.2. The van der Waals surface area contributed by atoms with Gasteiger partial charge in [-0.3, -0.25) is 9.59 Å². The molecular weight excluding hydrogens is 488 g/mol. The summed E-state index contributed by atoms with van der Waals surface area (Å²) < 4.78 is 28.7. The molecule has 1 saturated heterocycles. The summed E-state index contributed by atoms with van der Waals surface area (Å²) >= 11 is 0. The van der Waals surface area contributed by atoms with E-state index in [4.69, 9.17) is 10.4 Å². The summed E-state index contributed by atoms with van der Waals surface area (Å²) in [6.07, 6.45) is 1.32. The highest BCUT2D eigenvalue weighted by atomic mass is 32.2. The molecule has 14 heteroatoms. The van der Waals surface area contributed by atoms with Gasteiger partial charge in [-0.15, -0.1) is 0 Å². The molecule has 2 aromatic heterocycles. The van der Waals surface area contributed by atoms with Gasteiger partial charge in [-0.05, 0) is 43.3 Å². The number of hydrogen-bond acceptors (Lipinski definition) is 9. The fourth-order valence-corrected chi connectivity index (χ4v) is 5.14. The van der Waals surface area contributed by atoms with E-state index in [9.17, 15) is 18.0 Å². The summed E-state index contributed by atoms with van der Waals surface area (Å²) in [5.41, 5.74) is 1.32. The van der Waals surface area contributed by atoms with Crippen LogP contribution in [0.5, 0.6) is 0 Å². The molecule has 4 rings (SSSR count). The maximum absolute atomic E-state index is 13.1. The van der Waals surface area contributed by atoms with Gasteiger partial charge >= 0.3 is 5.97 Å². The lowest BCUT2D eigenvalue weighted by molar-refractivity contribution is -0.137. The number of nitriles is 1. The molecule has 0 unspecified atom stereocenters. The minimum absolute atomic E-state index is 0.0615. The first kappa shape index (κ1) is 24.8. The van der Waals surface area contributed by atoms with Crippen molar-refractivity contribution in [2.24, 2.45) is 0 Å². The van der Waals surface area contributed by atoms with Crippen LogP contribution in [-0.4, -0.2) is 75.6 Å². The van der Waals surface area contributed by atoms with Crippen molar-refractivity contribution in [2.75, 3.05) is 36.4 Å². The first-order valence-corrected chi connectivity index (χ1v) is 12.3. The summed E-state index contributed by atoms with van der Waals surface area (Å²) in [6, 6.07) is 10.7. The van der Waals surface area contributed by atoms with Crippen LogP contribution in [0.15, 0.2) is 47.5 Å². The van der Waals surface area contributed by atoms with Gasteiger partial charge in [0.15, 0.2) is 0 Å². The van der Waals surface area contributed by atoms with E-state index in [2.05, 4.69) is 20.4 Å². The quantitative estimate of drug-likeness (QED) is 0.460. The van der Waals surface area contributed by atoms with Crippen molar-refractivity contribution in [3.8, 4) is 6.07 Å². The molecule has 3 aromatic rings. The lowest BCUT2D eigenvalue weighted by Crippen LogP contribution is -2.49. The molecule has 186 valence electrons. The number of carbonyl (C=O) groups is 2. The number of amides is 1. The molecule has 0 saturated carbocycles. The van der Waals surface area contributed by atoms with Crippen molar-refractivity contribution in [1.82, 2.24) is 24.1 Å². The number of carboxylic acid groups (broad SMARTS) is 1. The topological polar surface area (TPSA) is 174 Å². The normalized spacial score (nSPS) is 14.3. The number of benzene rings is 1. The predicted molar refractivity (Wildman–Crippen MR) is 127 cm³/mol. The van der Waals surface area contributed by atoms with Gasteiger partial charge in [0.2, 0.25) is 16.0 Å². The van der Waals surface area contributed by atoms with Crippen molar-refractivity contribution in [2.45, 2.75) is 18.4 Å². The molecular formula is C22H22N8O5S. The van der Waals surface area contributed by atoms with Crippen LogP contribution in [0, 0.1) is 18.3 Å². The number of carboxylic acids is 1. The number of rotatable bonds is 7. The fraction of sp³-hybridized carbons (Fsp3) is 0.273. The number of aryl methyl sites for hydroxylation is 1. The van der Waals surface area contributed by atoms with Crippen molar-refractivity contribution in [3.63, 3.8) is 0 Å². The molecule has 1 aliphatic rings. The molecule has 3 heterocycles. The third kappa shape index (κ3) is 5.32. The Balaban J connectivity index is 1.40. The highest BCUT2D eigenvalue weighted by Gasteiger charge is 2.29. The number of anilines is 2. The summed E-state index contributed by atoms with van der Waals surface area (Å²) in [7, 11) is -3.78. The second-order valence-corrected chi connectivity index (χ2v) is 9.88. The molecule has 36 heavy (non-hydrogen) atoms. The van der Waals surface area contributed by atoms with Gasteiger partial charge in [-0.25, -0.2) is 23.1 Å². The molecule has 0 atom stereocenters. The number of aromatic nitrogens is 4. The van der Waals surface area contributed by atoms with Gasteiger partial charge in [0, 0.05) is 43.8 Å². The minimum Gasteiger partial charge on any atom is -0.480 e. The fourth-order valence-electron chi connectivity index (χ4n) is 3.71. The molecule has 1 aromatic carbocycles. The van der Waals surface area contributed by atoms with Crippen LogP contribution in [0.3, 0.4) is 0 Å². The molecule has 0 aliphatic carbocycles. The van der Waals surface area contributed by atoms with E-state index in [0.29, 0.717) is 30.4 Å². The summed E-state index contributed by atoms with van der Waals surface area (Å²) in [5, 5.41) is 24.5. The smallest absolute Gasteiger partial charge is 0.325 e. The monoisotopic (exact) mass is 510 g/mol. The Morgan fingerprint density at radius 3 is 2.44 bits per heavy atom. The van der Waals surface area contributed by atoms with Gasteiger partial charge in [0.05, 0.1) is 4.90 Å². The molecule has 1 fully saturated rings. The molecule has 2 N–H and O–H groups in total. The average Bonchev–Trinajstić information content (AvgIpc) is 3.31. The molecule has 1 aliphatic heterocycles. The number of nitrogens with zero attached hydrogens (tertiary/aromatic N) is 7. The van der Waals surface area contributed by atoms with E-state index in [0.717, 1.165) is 4.68 Å². The third-order valence-electron chi connectivity index (χ3n) is 5.46. The van der Waals surface area contributed by atoms with Crippen LogP contribution in [-0.2, 0) is 21.4 Å². The van der Waals surface area contributed by atoms with Crippen molar-refractivity contribution in [1.29, 1.82) is 5.26 Å². The Bertz CT molecular complexity index is 1440. The molecule has 0 bridgehead atoms. The van der Waals surface area contributed by atoms with Crippen LogP contribution in [0.25, 0.3) is 0 Å². The highest BCUT2D eigenvalue weighted by molar-refractivity contribution is 7.89. The van der Waals surface area contributed by atoms with Crippen molar-refractivity contribution < 1.29 is 23.1 Å². The first-order valence-electron chi connectivity index (χ1n) is 10.8. The lowest BCUT2D eigenvalue weighted by Gasteiger charge is -2.34. The molecule has 0 spiro atoms. The minimum atomic E-state index is -3.78. The van der Waals surface area contributed by atoms with E-state index in [-0.39, 0.29) is 29.4 Å². The second-order valence-electron chi connectivity index (χ2n) is 7.94. The van der Waals surface area contributed by atoms with Crippen LogP contribution in [0.4, 0.5) is 11.6 Å². The number of piperazine rings is 1. The second kappa shape index (κ2) is 10.1. The number of nitrogens with one attached hydrogen (secondary N) is 1. The van der Waals surface area contributed by atoms with Crippen LogP contribution < -0.4 is 10.2 Å². The average molecular weight is 511 g/mol. The molecule has 1 amide bonds. The Morgan fingerprint density at radius 2 is 1.81 bits per heavy atom. The number of hydrogen-bond donors (Lipinski definition) is 2. The zero-order chi connectivity index (χ0) is 25.9. The van der Waals surface area contributed by atoms with Crippen molar-refractivity contribution in [3.05, 3.63) is 59.7 Å². The number of sulfonamides is 1. The Kier molecular flexibility index (Phi) is 6.95. The molecule has 13 nitrogen and oxygen atoms in total. The van der Waals surface area contributed by atoms with E-state index < -0.39 is 28.4 Å². The molecule has 0 radical (unpaired) electrons. The Hall–Kier alpha value is -4.35. The van der Waals surface area contributed by atoms with Gasteiger partial charge in [-0.2, -0.15) is 14.7 Å². The zero-order valence-electron chi connectivity index (χ0n) is 19.2. The van der Waals surface area contributed by atoms with E-state index >= 15 is 0 Å². The highest BCUT2D eigenvalue weighted by Crippen LogP contribution is 2.22. The Morgan fingerprint density at radius 1 is 1.11 bits per heavy atom. The SMILES string of the molecule is Cc1cc(C#N)nc(N2CCN(S(=O)(=O)c3ccc(NC(=O)c4ccnn4CC(=O)O)cc3)CC2)n1. The van der Waals surface area contributed by atoms with Crippen LogP contribution in [0.1, 0.15) is 21.9 Å². The third-order valence-corrected chi connectivity index (χ3v) is 7.38. The van der Waals surface area contributed by atoms with E-state index in [1.54, 1.807) is 13.0 Å². The van der Waals surface area contributed by atoms with Crippen LogP contribution in [0.2, 0.25) is 0 Å². The van der Waals surface area contributed by atoms with Gasteiger partial charge in [0.25, 0.3) is 5.91 Å².